The summed E-state index contributed by atoms with van der Waals surface area (Å²) in [7, 11) is 1.61. The van der Waals surface area contributed by atoms with Gasteiger partial charge in [-0.05, 0) is 19.8 Å². The number of hydrogen-bond donors (Lipinski definition) is 2. The molecule has 0 radical (unpaired) electrons. The van der Waals surface area contributed by atoms with Gasteiger partial charge in [-0.25, -0.2) is 4.98 Å². The second kappa shape index (κ2) is 5.18. The molecule has 1 saturated carbocycles. The van der Waals surface area contributed by atoms with E-state index in [4.69, 9.17) is 15.2 Å². The van der Waals surface area contributed by atoms with Gasteiger partial charge in [-0.2, -0.15) is 4.98 Å². The summed E-state index contributed by atoms with van der Waals surface area (Å²) in [5.41, 5.74) is 6.43. The molecule has 0 atom stereocenters. The lowest BCUT2D eigenvalue weighted by molar-refractivity contribution is 0.176. The molecule has 2 rings (SSSR count). The second-order valence-electron chi connectivity index (χ2n) is 3.99. The fourth-order valence-corrected chi connectivity index (χ4v) is 1.46. The van der Waals surface area contributed by atoms with Crippen LogP contribution >= 0.6 is 0 Å². The van der Waals surface area contributed by atoms with Gasteiger partial charge in [0.1, 0.15) is 12.3 Å². The van der Waals surface area contributed by atoms with Gasteiger partial charge < -0.3 is 20.5 Å². The first-order valence-electron chi connectivity index (χ1n) is 5.79. The molecule has 3 N–H and O–H groups in total. The van der Waals surface area contributed by atoms with E-state index in [-0.39, 0.29) is 0 Å². The molecule has 1 heterocycles. The number of nitrogens with one attached hydrogen (secondary N) is 1. The summed E-state index contributed by atoms with van der Waals surface area (Å²) >= 11 is 0. The Morgan fingerprint density at radius 2 is 2.18 bits per heavy atom. The zero-order chi connectivity index (χ0) is 12.3. The summed E-state index contributed by atoms with van der Waals surface area (Å²) in [5.74, 6) is 1.66. The quantitative estimate of drug-likeness (QED) is 0.774. The first-order chi connectivity index (χ1) is 8.24. The molecule has 1 aliphatic carbocycles. The fraction of sp³-hybridized carbons (Fsp3) is 0.636. The van der Waals surface area contributed by atoms with E-state index in [0.29, 0.717) is 42.5 Å². The number of ether oxygens (including phenoxy) is 2. The van der Waals surface area contributed by atoms with E-state index in [1.807, 2.05) is 6.92 Å². The predicted molar refractivity (Wildman–Crippen MR) is 65.0 cm³/mol. The molecule has 0 aromatic carbocycles. The summed E-state index contributed by atoms with van der Waals surface area (Å²) in [5, 5.41) is 3.27. The number of hydrogen-bond acceptors (Lipinski definition) is 6. The van der Waals surface area contributed by atoms with Crippen LogP contribution in [0.5, 0.6) is 5.88 Å². The Bertz CT molecular complexity index is 393. The highest BCUT2D eigenvalue weighted by molar-refractivity contribution is 5.67. The molecule has 0 spiro atoms. The monoisotopic (exact) mass is 238 g/mol. The molecule has 0 amide bonds. The number of nitrogens with two attached hydrogens (primary N) is 1. The molecule has 6 nitrogen and oxygen atoms in total. The summed E-state index contributed by atoms with van der Waals surface area (Å²) < 4.78 is 10.4. The molecule has 1 aromatic rings. The molecule has 0 aliphatic heterocycles. The highest BCUT2D eigenvalue weighted by Gasteiger charge is 2.24. The van der Waals surface area contributed by atoms with Crippen molar-refractivity contribution in [1.29, 1.82) is 0 Å². The first kappa shape index (κ1) is 11.9. The Kier molecular flexibility index (Phi) is 3.63. The Labute approximate surface area is 101 Å². The average Bonchev–Trinajstić information content (AvgIpc) is 3.09. The molecular weight excluding hydrogens is 220 g/mol. The lowest BCUT2D eigenvalue weighted by Gasteiger charge is -2.12. The van der Waals surface area contributed by atoms with Crippen LogP contribution in [0.4, 0.5) is 11.5 Å². The van der Waals surface area contributed by atoms with Crippen LogP contribution in [-0.4, -0.2) is 29.7 Å². The van der Waals surface area contributed by atoms with Gasteiger partial charge in [0, 0.05) is 13.2 Å². The molecule has 1 fully saturated rings. The Morgan fingerprint density at radius 3 is 2.76 bits per heavy atom. The Hall–Kier alpha value is -1.56. The van der Waals surface area contributed by atoms with E-state index in [1.54, 1.807) is 7.11 Å². The molecule has 6 heteroatoms. The zero-order valence-electron chi connectivity index (χ0n) is 10.2. The van der Waals surface area contributed by atoms with Crippen molar-refractivity contribution in [2.24, 2.45) is 0 Å². The van der Waals surface area contributed by atoms with Crippen LogP contribution in [0.3, 0.4) is 0 Å². The molecule has 0 saturated heterocycles. The highest BCUT2D eigenvalue weighted by Crippen LogP contribution is 2.31. The van der Waals surface area contributed by atoms with E-state index in [2.05, 4.69) is 15.3 Å². The summed E-state index contributed by atoms with van der Waals surface area (Å²) in [6.45, 7) is 2.77. The van der Waals surface area contributed by atoms with Gasteiger partial charge in [-0.15, -0.1) is 0 Å². The van der Waals surface area contributed by atoms with Crippen LogP contribution in [0.25, 0.3) is 0 Å². The average molecular weight is 238 g/mol. The van der Waals surface area contributed by atoms with E-state index in [9.17, 15) is 0 Å². The number of nitrogens with zero attached hydrogens (tertiary/aromatic N) is 2. The van der Waals surface area contributed by atoms with Crippen molar-refractivity contribution < 1.29 is 9.47 Å². The zero-order valence-corrected chi connectivity index (χ0v) is 10.2. The Balaban J connectivity index is 2.26. The number of methoxy groups -OCH3 is 1. The molecule has 1 aliphatic rings. The minimum absolute atomic E-state index is 0.347. The van der Waals surface area contributed by atoms with E-state index < -0.39 is 0 Å². The third-order valence-corrected chi connectivity index (χ3v) is 2.43. The van der Waals surface area contributed by atoms with Crippen molar-refractivity contribution in [2.75, 3.05) is 24.8 Å². The lowest BCUT2D eigenvalue weighted by Crippen LogP contribution is -2.12. The van der Waals surface area contributed by atoms with Gasteiger partial charge >= 0.3 is 0 Å². The number of nitrogen functional groups attached to an aromatic ring is 1. The van der Waals surface area contributed by atoms with Gasteiger partial charge in [0.15, 0.2) is 11.6 Å². The normalized spacial score (nSPS) is 14.7. The second-order valence-corrected chi connectivity index (χ2v) is 3.99. The topological polar surface area (TPSA) is 82.3 Å². The van der Waals surface area contributed by atoms with Gasteiger partial charge in [-0.3, -0.25) is 0 Å². The van der Waals surface area contributed by atoms with Gasteiger partial charge in [0.25, 0.3) is 0 Å². The van der Waals surface area contributed by atoms with Crippen molar-refractivity contribution in [1.82, 2.24) is 9.97 Å². The molecule has 1 aromatic heterocycles. The fourth-order valence-electron chi connectivity index (χ4n) is 1.46. The van der Waals surface area contributed by atoms with Crippen LogP contribution in [-0.2, 0) is 11.3 Å². The van der Waals surface area contributed by atoms with Crippen molar-refractivity contribution in [2.45, 2.75) is 32.4 Å². The molecule has 94 valence electrons. The summed E-state index contributed by atoms with van der Waals surface area (Å²) in [6.07, 6.45) is 2.32. The van der Waals surface area contributed by atoms with Crippen molar-refractivity contribution in [3.63, 3.8) is 0 Å². The lowest BCUT2D eigenvalue weighted by atomic mass is 10.4. The van der Waals surface area contributed by atoms with Crippen LogP contribution in [0, 0.1) is 0 Å². The summed E-state index contributed by atoms with van der Waals surface area (Å²) in [4.78, 5) is 8.55. The van der Waals surface area contributed by atoms with Gasteiger partial charge in [0.2, 0.25) is 5.88 Å². The third kappa shape index (κ3) is 2.97. The van der Waals surface area contributed by atoms with Crippen LogP contribution in [0.2, 0.25) is 0 Å². The maximum Gasteiger partial charge on any atom is 0.242 e. The highest BCUT2D eigenvalue weighted by atomic mass is 16.5. The molecule has 17 heavy (non-hydrogen) atoms. The molecule has 0 bridgehead atoms. The van der Waals surface area contributed by atoms with Gasteiger partial charge in [0.05, 0.1) is 6.61 Å². The maximum atomic E-state index is 5.96. The molecule has 0 unspecified atom stereocenters. The minimum atomic E-state index is 0.347. The van der Waals surface area contributed by atoms with Crippen molar-refractivity contribution in [3.05, 3.63) is 5.82 Å². The van der Waals surface area contributed by atoms with Gasteiger partial charge in [-0.1, -0.05) is 0 Å². The third-order valence-electron chi connectivity index (χ3n) is 2.43. The van der Waals surface area contributed by atoms with Crippen LogP contribution in [0.1, 0.15) is 25.6 Å². The van der Waals surface area contributed by atoms with E-state index in [0.717, 1.165) is 12.8 Å². The number of aromatic nitrogens is 2. The number of anilines is 2. The van der Waals surface area contributed by atoms with Crippen molar-refractivity contribution >= 4 is 11.5 Å². The van der Waals surface area contributed by atoms with E-state index in [1.165, 1.54) is 0 Å². The standard InChI is InChI=1S/C11H18N4O2/c1-3-17-11-9(12)10(13-7-4-5-7)14-8(15-11)6-16-2/h7H,3-6,12H2,1-2H3,(H,13,14,15). The summed E-state index contributed by atoms with van der Waals surface area (Å²) in [6, 6.07) is 0.483. The van der Waals surface area contributed by atoms with E-state index >= 15 is 0 Å². The van der Waals surface area contributed by atoms with Crippen LogP contribution in [0.15, 0.2) is 0 Å². The predicted octanol–water partition coefficient (Wildman–Crippen LogP) is 1.18. The minimum Gasteiger partial charge on any atom is -0.476 e. The van der Waals surface area contributed by atoms with Crippen molar-refractivity contribution in [3.8, 4) is 5.88 Å². The van der Waals surface area contributed by atoms with Crippen LogP contribution < -0.4 is 15.8 Å². The Morgan fingerprint density at radius 1 is 1.41 bits per heavy atom. The SMILES string of the molecule is CCOc1nc(COC)nc(NC2CC2)c1N. The smallest absolute Gasteiger partial charge is 0.242 e. The largest absolute Gasteiger partial charge is 0.476 e. The number of rotatable bonds is 6. The first-order valence-corrected chi connectivity index (χ1v) is 5.79. The molecular formula is C11H18N4O2. The maximum absolute atomic E-state index is 5.96.